The first-order valence-corrected chi connectivity index (χ1v) is 11.8. The van der Waals surface area contributed by atoms with E-state index in [1.165, 1.54) is 12.8 Å². The molecule has 2 aromatic rings. The van der Waals surface area contributed by atoms with Gasteiger partial charge in [-0.25, -0.2) is 8.42 Å². The van der Waals surface area contributed by atoms with E-state index in [0.717, 1.165) is 45.2 Å². The quantitative estimate of drug-likeness (QED) is 0.756. The Bertz CT molecular complexity index is 978. The van der Waals surface area contributed by atoms with Gasteiger partial charge in [0, 0.05) is 31.7 Å². The SMILES string of the molecule is N#Cc1nc(-c2ccc(S(=O)(=O)N3CCCCC3)cc2)oc1N1CCCCCC1. The molecule has 0 radical (unpaired) electrons. The Balaban J connectivity index is 1.58. The third-order valence-corrected chi connectivity index (χ3v) is 7.58. The van der Waals surface area contributed by atoms with E-state index in [1.54, 1.807) is 28.6 Å². The van der Waals surface area contributed by atoms with Crippen molar-refractivity contribution in [3.8, 4) is 17.5 Å². The highest BCUT2D eigenvalue weighted by Gasteiger charge is 2.26. The number of hydrogen-bond donors (Lipinski definition) is 0. The molecule has 2 saturated heterocycles. The van der Waals surface area contributed by atoms with E-state index in [0.29, 0.717) is 30.4 Å². The Morgan fingerprint density at radius 3 is 2.10 bits per heavy atom. The van der Waals surface area contributed by atoms with Crippen molar-refractivity contribution in [1.82, 2.24) is 9.29 Å². The van der Waals surface area contributed by atoms with Gasteiger partial charge in [-0.3, -0.25) is 0 Å². The highest BCUT2D eigenvalue weighted by atomic mass is 32.2. The van der Waals surface area contributed by atoms with E-state index in [4.69, 9.17) is 4.42 Å². The molecule has 0 saturated carbocycles. The molecule has 0 N–H and O–H groups in total. The average molecular weight is 415 g/mol. The number of oxazole rings is 1. The second kappa shape index (κ2) is 8.56. The molecule has 1 aromatic heterocycles. The van der Waals surface area contributed by atoms with E-state index >= 15 is 0 Å². The highest BCUT2D eigenvalue weighted by molar-refractivity contribution is 7.89. The molecule has 1 aromatic carbocycles. The topological polar surface area (TPSA) is 90.4 Å². The van der Waals surface area contributed by atoms with Gasteiger partial charge >= 0.3 is 0 Å². The third kappa shape index (κ3) is 4.16. The number of anilines is 1. The van der Waals surface area contributed by atoms with Crippen molar-refractivity contribution in [2.75, 3.05) is 31.1 Å². The fourth-order valence-corrected chi connectivity index (χ4v) is 5.54. The van der Waals surface area contributed by atoms with Gasteiger partial charge in [0.25, 0.3) is 0 Å². The van der Waals surface area contributed by atoms with Crippen LogP contribution in [-0.4, -0.2) is 43.9 Å². The van der Waals surface area contributed by atoms with Crippen molar-refractivity contribution in [3.05, 3.63) is 30.0 Å². The number of nitrogens with zero attached hydrogens (tertiary/aromatic N) is 4. The maximum Gasteiger partial charge on any atom is 0.243 e. The molecule has 0 amide bonds. The summed E-state index contributed by atoms with van der Waals surface area (Å²) in [4.78, 5) is 6.73. The zero-order chi connectivity index (χ0) is 20.3. The van der Waals surface area contributed by atoms with Gasteiger partial charge in [-0.15, -0.1) is 0 Å². The van der Waals surface area contributed by atoms with Crippen molar-refractivity contribution in [2.24, 2.45) is 0 Å². The zero-order valence-electron chi connectivity index (χ0n) is 16.5. The Hall–Kier alpha value is -2.37. The first-order chi connectivity index (χ1) is 14.1. The lowest BCUT2D eigenvalue weighted by Gasteiger charge is -2.25. The van der Waals surface area contributed by atoms with Crippen molar-refractivity contribution >= 4 is 15.9 Å². The molecule has 7 nitrogen and oxygen atoms in total. The zero-order valence-corrected chi connectivity index (χ0v) is 17.3. The molecule has 2 aliphatic rings. The van der Waals surface area contributed by atoms with Crippen LogP contribution in [0.3, 0.4) is 0 Å². The number of rotatable bonds is 4. The van der Waals surface area contributed by atoms with Crippen LogP contribution in [0.15, 0.2) is 33.6 Å². The van der Waals surface area contributed by atoms with E-state index < -0.39 is 10.0 Å². The molecular weight excluding hydrogens is 388 g/mol. The van der Waals surface area contributed by atoms with Gasteiger partial charge in [-0.2, -0.15) is 14.6 Å². The van der Waals surface area contributed by atoms with Crippen LogP contribution < -0.4 is 4.90 Å². The van der Waals surface area contributed by atoms with E-state index in [9.17, 15) is 13.7 Å². The summed E-state index contributed by atoms with van der Waals surface area (Å²) in [6, 6.07) is 8.74. The molecule has 0 atom stereocenters. The van der Waals surface area contributed by atoms with Crippen LogP contribution in [-0.2, 0) is 10.0 Å². The number of nitriles is 1. The maximum absolute atomic E-state index is 12.8. The molecule has 0 aliphatic carbocycles. The van der Waals surface area contributed by atoms with Crippen LogP contribution in [0.5, 0.6) is 0 Å². The van der Waals surface area contributed by atoms with E-state index in [-0.39, 0.29) is 10.6 Å². The Labute approximate surface area is 172 Å². The van der Waals surface area contributed by atoms with Gasteiger partial charge in [0.2, 0.25) is 27.5 Å². The number of sulfonamides is 1. The Morgan fingerprint density at radius 2 is 1.48 bits per heavy atom. The van der Waals surface area contributed by atoms with Crippen LogP contribution in [0.25, 0.3) is 11.5 Å². The van der Waals surface area contributed by atoms with Crippen molar-refractivity contribution in [1.29, 1.82) is 5.26 Å². The van der Waals surface area contributed by atoms with Crippen molar-refractivity contribution in [3.63, 3.8) is 0 Å². The summed E-state index contributed by atoms with van der Waals surface area (Å²) in [5.74, 6) is 0.872. The fourth-order valence-electron chi connectivity index (χ4n) is 4.02. The van der Waals surface area contributed by atoms with Gasteiger partial charge in [-0.05, 0) is 49.9 Å². The Morgan fingerprint density at radius 1 is 0.897 bits per heavy atom. The van der Waals surface area contributed by atoms with Gasteiger partial charge in [0.15, 0.2) is 0 Å². The minimum absolute atomic E-state index is 0.281. The van der Waals surface area contributed by atoms with E-state index in [1.807, 2.05) is 0 Å². The lowest BCUT2D eigenvalue weighted by atomic mass is 10.2. The number of benzene rings is 1. The number of piperidine rings is 1. The number of aromatic nitrogens is 1. The largest absolute Gasteiger partial charge is 0.419 e. The van der Waals surface area contributed by atoms with Gasteiger partial charge in [0.1, 0.15) is 6.07 Å². The van der Waals surface area contributed by atoms with Crippen molar-refractivity contribution < 1.29 is 12.8 Å². The van der Waals surface area contributed by atoms with Crippen LogP contribution in [0.2, 0.25) is 0 Å². The summed E-state index contributed by atoms with van der Waals surface area (Å²) in [5.41, 5.74) is 0.951. The monoisotopic (exact) mass is 414 g/mol. The minimum Gasteiger partial charge on any atom is -0.419 e. The summed E-state index contributed by atoms with van der Waals surface area (Å²) in [6.45, 7) is 2.87. The predicted molar refractivity (Wildman–Crippen MR) is 110 cm³/mol. The van der Waals surface area contributed by atoms with Crippen molar-refractivity contribution in [2.45, 2.75) is 49.8 Å². The molecule has 3 heterocycles. The lowest BCUT2D eigenvalue weighted by Crippen LogP contribution is -2.35. The van der Waals surface area contributed by atoms with Gasteiger partial charge in [-0.1, -0.05) is 19.3 Å². The van der Waals surface area contributed by atoms with Gasteiger partial charge in [0.05, 0.1) is 4.90 Å². The van der Waals surface area contributed by atoms with Crippen LogP contribution in [0, 0.1) is 11.3 Å². The smallest absolute Gasteiger partial charge is 0.243 e. The summed E-state index contributed by atoms with van der Waals surface area (Å²) in [5, 5.41) is 9.49. The first-order valence-electron chi connectivity index (χ1n) is 10.4. The molecular formula is C21H26N4O3S. The molecule has 0 bridgehead atoms. The molecule has 29 heavy (non-hydrogen) atoms. The first kappa shape index (κ1) is 19.9. The average Bonchev–Trinajstić information content (AvgIpc) is 3.01. The maximum atomic E-state index is 12.8. The fraction of sp³-hybridized carbons (Fsp3) is 0.524. The predicted octanol–water partition coefficient (Wildman–Crippen LogP) is 3.77. The van der Waals surface area contributed by atoms with Crippen LogP contribution in [0.4, 0.5) is 5.88 Å². The summed E-state index contributed by atoms with van der Waals surface area (Å²) in [6.07, 6.45) is 7.41. The van der Waals surface area contributed by atoms with E-state index in [2.05, 4.69) is 16.0 Å². The molecule has 8 heteroatoms. The second-order valence-corrected chi connectivity index (χ2v) is 9.61. The number of hydrogen-bond acceptors (Lipinski definition) is 6. The molecule has 154 valence electrons. The standard InChI is InChI=1S/C21H26N4O3S/c22-16-19-21(24-12-4-1-2-5-13-24)28-20(23-19)17-8-10-18(11-9-17)29(26,27)25-14-6-3-7-15-25/h8-11H,1-7,12-15H2. The Kier molecular flexibility index (Phi) is 5.88. The van der Waals surface area contributed by atoms with Crippen LogP contribution in [0.1, 0.15) is 50.6 Å². The second-order valence-electron chi connectivity index (χ2n) is 7.67. The minimum atomic E-state index is -3.47. The summed E-state index contributed by atoms with van der Waals surface area (Å²) in [7, 11) is -3.47. The molecule has 0 unspecified atom stereocenters. The lowest BCUT2D eigenvalue weighted by molar-refractivity contribution is 0.346. The molecule has 2 fully saturated rings. The third-order valence-electron chi connectivity index (χ3n) is 5.66. The van der Waals surface area contributed by atoms with Gasteiger partial charge < -0.3 is 9.32 Å². The van der Waals surface area contributed by atoms with Crippen LogP contribution >= 0.6 is 0 Å². The normalized spacial score (nSPS) is 18.9. The molecule has 0 spiro atoms. The summed E-state index contributed by atoms with van der Waals surface area (Å²) < 4.78 is 33.2. The highest BCUT2D eigenvalue weighted by Crippen LogP contribution is 2.31. The molecule has 2 aliphatic heterocycles. The summed E-state index contributed by atoms with van der Waals surface area (Å²) >= 11 is 0. The molecule has 4 rings (SSSR count).